The molecule has 0 spiro atoms. The second kappa shape index (κ2) is 11.7. The van der Waals surface area contributed by atoms with E-state index in [0.29, 0.717) is 44.5 Å². The molecule has 1 fully saturated rings. The number of hydrogen-bond donors (Lipinski definition) is 1. The van der Waals surface area contributed by atoms with Crippen LogP contribution in [0.1, 0.15) is 31.2 Å². The summed E-state index contributed by atoms with van der Waals surface area (Å²) in [5.74, 6) is 2.27. The Hall–Kier alpha value is -2.94. The van der Waals surface area contributed by atoms with E-state index in [9.17, 15) is 9.50 Å². The van der Waals surface area contributed by atoms with Crippen LogP contribution in [0.3, 0.4) is 0 Å². The van der Waals surface area contributed by atoms with E-state index in [2.05, 4.69) is 28.3 Å². The first kappa shape index (κ1) is 25.2. The number of ether oxygens (including phenoxy) is 3. The van der Waals surface area contributed by atoms with Crippen molar-refractivity contribution >= 4 is 0 Å². The van der Waals surface area contributed by atoms with Crippen molar-refractivity contribution in [3.63, 3.8) is 0 Å². The summed E-state index contributed by atoms with van der Waals surface area (Å²) in [5, 5.41) is 11.1. The maximum absolute atomic E-state index is 13.4. The number of hydrogen-bond acceptors (Lipinski definition) is 6. The quantitative estimate of drug-likeness (QED) is 0.472. The molecule has 0 aliphatic carbocycles. The summed E-state index contributed by atoms with van der Waals surface area (Å²) >= 11 is 0. The summed E-state index contributed by atoms with van der Waals surface area (Å²) in [6.07, 6.45) is 3.81. The second-order valence-electron chi connectivity index (χ2n) is 9.36. The summed E-state index contributed by atoms with van der Waals surface area (Å²) in [6.45, 7) is 8.05. The van der Waals surface area contributed by atoms with Crippen LogP contribution < -0.4 is 9.47 Å². The molecule has 1 N–H and O–H groups in total. The van der Waals surface area contributed by atoms with Crippen LogP contribution in [0.5, 0.6) is 11.5 Å². The van der Waals surface area contributed by atoms with Gasteiger partial charge in [-0.3, -0.25) is 4.90 Å². The lowest BCUT2D eigenvalue weighted by atomic mass is 10.1. The molecule has 1 aromatic heterocycles. The van der Waals surface area contributed by atoms with E-state index in [0.717, 1.165) is 23.7 Å². The van der Waals surface area contributed by atoms with E-state index in [1.165, 1.54) is 12.1 Å². The highest BCUT2D eigenvalue weighted by Gasteiger charge is 2.33. The summed E-state index contributed by atoms with van der Waals surface area (Å²) in [7, 11) is 0. The zero-order valence-corrected chi connectivity index (χ0v) is 20.4. The molecule has 1 aliphatic heterocycles. The molecule has 0 radical (unpaired) electrons. The summed E-state index contributed by atoms with van der Waals surface area (Å²) in [6, 6.07) is 13.9. The van der Waals surface area contributed by atoms with Crippen molar-refractivity contribution < 1.29 is 23.7 Å². The first-order chi connectivity index (χ1) is 16.9. The van der Waals surface area contributed by atoms with Crippen molar-refractivity contribution in [2.24, 2.45) is 0 Å². The van der Waals surface area contributed by atoms with Crippen molar-refractivity contribution in [3.8, 4) is 11.5 Å². The van der Waals surface area contributed by atoms with E-state index in [-0.39, 0.29) is 19.0 Å². The molecule has 2 heterocycles. The molecule has 1 atom stereocenters. The average Bonchev–Trinajstić information content (AvgIpc) is 3.23. The molecule has 1 aliphatic rings. The third kappa shape index (κ3) is 7.27. The van der Waals surface area contributed by atoms with Crippen molar-refractivity contribution in [1.82, 2.24) is 14.5 Å². The third-order valence-corrected chi connectivity index (χ3v) is 5.94. The minimum absolute atomic E-state index is 0.0230. The minimum atomic E-state index is -1.19. The number of aliphatic hydroxyl groups is 1. The predicted octanol–water partition coefficient (Wildman–Crippen LogP) is 3.87. The van der Waals surface area contributed by atoms with Gasteiger partial charge < -0.3 is 23.9 Å². The molecule has 0 saturated carbocycles. The van der Waals surface area contributed by atoms with Gasteiger partial charge >= 0.3 is 0 Å². The Bertz CT molecular complexity index is 1070. The van der Waals surface area contributed by atoms with Crippen molar-refractivity contribution in [2.45, 2.75) is 38.5 Å². The molecule has 188 valence electrons. The Morgan fingerprint density at radius 2 is 1.97 bits per heavy atom. The monoisotopic (exact) mass is 483 g/mol. The number of nitrogens with zero attached hydrogens (tertiary/aromatic N) is 3. The van der Waals surface area contributed by atoms with Gasteiger partial charge in [0.15, 0.2) is 0 Å². The SMILES string of the molecule is CC(C)c1nccn1CCOc1ccc(CN2CCOCC(O)(COc3cccc(F)c3)C2)cc1. The first-order valence-electron chi connectivity index (χ1n) is 12.0. The Labute approximate surface area is 206 Å². The van der Waals surface area contributed by atoms with Crippen LogP contribution in [0.2, 0.25) is 0 Å². The van der Waals surface area contributed by atoms with Gasteiger partial charge in [0.05, 0.1) is 19.8 Å². The van der Waals surface area contributed by atoms with Crippen LogP contribution in [-0.4, -0.2) is 64.7 Å². The Kier molecular flexibility index (Phi) is 8.38. The minimum Gasteiger partial charge on any atom is -0.492 e. The zero-order valence-electron chi connectivity index (χ0n) is 20.4. The molecule has 2 aromatic carbocycles. The van der Waals surface area contributed by atoms with Gasteiger partial charge in [0.2, 0.25) is 0 Å². The molecule has 35 heavy (non-hydrogen) atoms. The standard InChI is InChI=1S/C27H34FN3O4/c1-21(2)26-29-10-11-31(26)13-15-34-24-8-6-22(7-9-24)17-30-12-14-33-19-27(32,18-30)20-35-25-5-3-4-23(28)16-25/h3-11,16,21,32H,12-15,17-20H2,1-2H3. The summed E-state index contributed by atoms with van der Waals surface area (Å²) < 4.78 is 32.8. The highest BCUT2D eigenvalue weighted by Crippen LogP contribution is 2.20. The van der Waals surface area contributed by atoms with Gasteiger partial charge in [-0.2, -0.15) is 0 Å². The molecule has 0 bridgehead atoms. The van der Waals surface area contributed by atoms with E-state index >= 15 is 0 Å². The molecule has 3 aromatic rings. The number of imidazole rings is 1. The molecule has 4 rings (SSSR count). The van der Waals surface area contributed by atoms with Crippen LogP contribution in [0.4, 0.5) is 4.39 Å². The molecule has 7 nitrogen and oxygen atoms in total. The van der Waals surface area contributed by atoms with Gasteiger partial charge in [-0.25, -0.2) is 9.37 Å². The maximum atomic E-state index is 13.4. The van der Waals surface area contributed by atoms with Gasteiger partial charge in [0, 0.05) is 44.0 Å². The topological polar surface area (TPSA) is 69.0 Å². The van der Waals surface area contributed by atoms with Crippen molar-refractivity contribution in [2.75, 3.05) is 39.5 Å². The van der Waals surface area contributed by atoms with Gasteiger partial charge in [-0.15, -0.1) is 0 Å². The van der Waals surface area contributed by atoms with Crippen LogP contribution in [0.25, 0.3) is 0 Å². The first-order valence-corrected chi connectivity index (χ1v) is 12.0. The zero-order chi connectivity index (χ0) is 24.7. The smallest absolute Gasteiger partial charge is 0.134 e. The number of β-amino-alcohol motifs (C(OH)–C–C–N with tert-alkyl or cyclic N) is 1. The van der Waals surface area contributed by atoms with E-state index in [4.69, 9.17) is 14.2 Å². The fraction of sp³-hybridized carbons (Fsp3) is 0.444. The Morgan fingerprint density at radius 3 is 2.74 bits per heavy atom. The molecule has 1 unspecified atom stereocenters. The lowest BCUT2D eigenvalue weighted by molar-refractivity contribution is -0.0647. The van der Waals surface area contributed by atoms with Crippen LogP contribution >= 0.6 is 0 Å². The van der Waals surface area contributed by atoms with Crippen LogP contribution in [0.15, 0.2) is 60.9 Å². The second-order valence-corrected chi connectivity index (χ2v) is 9.36. The highest BCUT2D eigenvalue weighted by molar-refractivity contribution is 5.27. The van der Waals surface area contributed by atoms with Crippen LogP contribution in [-0.2, 0) is 17.8 Å². The molecular weight excluding hydrogens is 449 g/mol. The van der Waals surface area contributed by atoms with Gasteiger partial charge in [-0.05, 0) is 29.8 Å². The third-order valence-electron chi connectivity index (χ3n) is 5.94. The normalized spacial score (nSPS) is 19.0. The van der Waals surface area contributed by atoms with Crippen molar-refractivity contribution in [3.05, 3.63) is 78.1 Å². The predicted molar refractivity (Wildman–Crippen MR) is 131 cm³/mol. The highest BCUT2D eigenvalue weighted by atomic mass is 19.1. The largest absolute Gasteiger partial charge is 0.492 e. The lowest BCUT2D eigenvalue weighted by Crippen LogP contribution is -2.48. The van der Waals surface area contributed by atoms with E-state index in [1.54, 1.807) is 12.1 Å². The number of aromatic nitrogens is 2. The average molecular weight is 484 g/mol. The fourth-order valence-electron chi connectivity index (χ4n) is 4.22. The fourth-order valence-corrected chi connectivity index (χ4v) is 4.22. The molecular formula is C27H34FN3O4. The van der Waals surface area contributed by atoms with Gasteiger partial charge in [-0.1, -0.05) is 32.0 Å². The maximum Gasteiger partial charge on any atom is 0.134 e. The number of halogens is 1. The van der Waals surface area contributed by atoms with E-state index in [1.807, 2.05) is 36.7 Å². The Morgan fingerprint density at radius 1 is 1.14 bits per heavy atom. The molecule has 1 saturated heterocycles. The van der Waals surface area contributed by atoms with Crippen molar-refractivity contribution in [1.29, 1.82) is 0 Å². The molecule has 8 heteroatoms. The summed E-state index contributed by atoms with van der Waals surface area (Å²) in [4.78, 5) is 6.55. The van der Waals surface area contributed by atoms with Crippen LogP contribution in [0, 0.1) is 5.82 Å². The van der Waals surface area contributed by atoms with E-state index < -0.39 is 5.60 Å². The molecule has 0 amide bonds. The Balaban J connectivity index is 1.28. The van der Waals surface area contributed by atoms with Gasteiger partial charge in [0.1, 0.15) is 42.0 Å². The number of benzene rings is 2. The number of rotatable bonds is 10. The van der Waals surface area contributed by atoms with Gasteiger partial charge in [0.25, 0.3) is 0 Å². The lowest BCUT2D eigenvalue weighted by Gasteiger charge is -2.30. The summed E-state index contributed by atoms with van der Waals surface area (Å²) in [5.41, 5.74) is -0.0713.